The highest BCUT2D eigenvalue weighted by Crippen LogP contribution is 2.42. The standard InChI is InChI=1S/C34H27ClN4O5S/c1-36-26-10-12-29(13-11-26)45(42,43)38-27-9-8-21-16-24(7-6-22(21)18-27)31-20-28(39-15-14-32(40)37-34(39)41)19-30(33(31)44-2)23-4-3-5-25(35)17-23/h3-20,36,38H,1-2H3,(H,37,40,41). The van der Waals surface area contributed by atoms with E-state index in [-0.39, 0.29) is 4.90 Å². The highest BCUT2D eigenvalue weighted by molar-refractivity contribution is 7.92. The largest absolute Gasteiger partial charge is 0.495 e. The van der Waals surface area contributed by atoms with Crippen LogP contribution < -0.4 is 26.0 Å². The molecule has 0 unspecified atom stereocenters. The van der Waals surface area contributed by atoms with Gasteiger partial charge in [0.05, 0.1) is 17.7 Å². The maximum absolute atomic E-state index is 13.0. The Hall–Kier alpha value is -5.32. The molecule has 11 heteroatoms. The summed E-state index contributed by atoms with van der Waals surface area (Å²) in [6.45, 7) is 0. The van der Waals surface area contributed by atoms with E-state index in [4.69, 9.17) is 16.3 Å². The number of sulfonamides is 1. The van der Waals surface area contributed by atoms with Gasteiger partial charge < -0.3 is 10.1 Å². The molecule has 0 aliphatic heterocycles. The average molecular weight is 639 g/mol. The van der Waals surface area contributed by atoms with Crippen molar-refractivity contribution in [1.29, 1.82) is 0 Å². The van der Waals surface area contributed by atoms with Crippen molar-refractivity contribution in [2.24, 2.45) is 0 Å². The molecule has 0 fully saturated rings. The quantitative estimate of drug-likeness (QED) is 0.175. The van der Waals surface area contributed by atoms with Gasteiger partial charge in [-0.2, -0.15) is 0 Å². The fourth-order valence-corrected chi connectivity index (χ4v) is 6.41. The number of fused-ring (bicyclic) bond motifs is 1. The first-order valence-corrected chi connectivity index (χ1v) is 15.7. The van der Waals surface area contributed by atoms with Crippen molar-refractivity contribution in [3.8, 4) is 33.7 Å². The van der Waals surface area contributed by atoms with Crippen molar-refractivity contribution in [2.75, 3.05) is 24.2 Å². The van der Waals surface area contributed by atoms with E-state index in [1.54, 1.807) is 68.8 Å². The number of ether oxygens (including phenoxy) is 1. The molecular formula is C34H27ClN4O5S. The summed E-state index contributed by atoms with van der Waals surface area (Å²) < 4.78 is 36.0. The van der Waals surface area contributed by atoms with E-state index in [1.165, 1.54) is 16.8 Å². The monoisotopic (exact) mass is 638 g/mol. The number of nitrogens with zero attached hydrogens (tertiary/aromatic N) is 1. The zero-order chi connectivity index (χ0) is 31.7. The number of rotatable bonds is 8. The maximum Gasteiger partial charge on any atom is 0.332 e. The number of hydrogen-bond donors (Lipinski definition) is 3. The van der Waals surface area contributed by atoms with Crippen molar-refractivity contribution >= 4 is 43.8 Å². The molecular weight excluding hydrogens is 612 g/mol. The summed E-state index contributed by atoms with van der Waals surface area (Å²) >= 11 is 6.33. The first-order valence-electron chi connectivity index (χ1n) is 13.8. The molecule has 6 aromatic rings. The lowest BCUT2D eigenvalue weighted by Gasteiger charge is -2.18. The van der Waals surface area contributed by atoms with Gasteiger partial charge in [-0.05, 0) is 88.6 Å². The fourth-order valence-electron chi connectivity index (χ4n) is 5.17. The van der Waals surface area contributed by atoms with Gasteiger partial charge in [0, 0.05) is 46.8 Å². The van der Waals surface area contributed by atoms with Crippen LogP contribution in [0.4, 0.5) is 11.4 Å². The Morgan fingerprint density at radius 1 is 0.778 bits per heavy atom. The fraction of sp³-hybridized carbons (Fsp3) is 0.0588. The van der Waals surface area contributed by atoms with Gasteiger partial charge in [0.25, 0.3) is 15.6 Å². The van der Waals surface area contributed by atoms with Crippen LogP contribution in [0.2, 0.25) is 5.02 Å². The molecule has 1 heterocycles. The summed E-state index contributed by atoms with van der Waals surface area (Å²) in [5, 5.41) is 5.17. The molecule has 3 N–H and O–H groups in total. The van der Waals surface area contributed by atoms with Crippen LogP contribution in [0, 0.1) is 0 Å². The minimum atomic E-state index is -3.79. The molecule has 0 amide bonds. The molecule has 5 aromatic carbocycles. The van der Waals surface area contributed by atoms with E-state index in [0.29, 0.717) is 33.3 Å². The molecule has 0 aliphatic rings. The molecule has 0 atom stereocenters. The van der Waals surface area contributed by atoms with Crippen molar-refractivity contribution < 1.29 is 13.2 Å². The number of aromatic nitrogens is 2. The van der Waals surface area contributed by atoms with Gasteiger partial charge in [-0.25, -0.2) is 13.2 Å². The lowest BCUT2D eigenvalue weighted by molar-refractivity contribution is 0.418. The number of H-pyrrole nitrogens is 1. The summed E-state index contributed by atoms with van der Waals surface area (Å²) in [5.41, 5.74) is 3.62. The average Bonchev–Trinajstić information content (AvgIpc) is 3.03. The Kier molecular flexibility index (Phi) is 7.92. The number of nitrogens with one attached hydrogen (secondary N) is 3. The van der Waals surface area contributed by atoms with Crippen molar-refractivity contribution in [3.05, 3.63) is 135 Å². The van der Waals surface area contributed by atoms with Crippen molar-refractivity contribution in [1.82, 2.24) is 9.55 Å². The third kappa shape index (κ3) is 6.06. The van der Waals surface area contributed by atoms with Gasteiger partial charge in [-0.1, -0.05) is 41.9 Å². The smallest absolute Gasteiger partial charge is 0.332 e. The normalized spacial score (nSPS) is 11.4. The molecule has 226 valence electrons. The first-order chi connectivity index (χ1) is 21.6. The highest BCUT2D eigenvalue weighted by atomic mass is 35.5. The summed E-state index contributed by atoms with van der Waals surface area (Å²) in [6.07, 6.45) is 1.42. The van der Waals surface area contributed by atoms with Crippen LogP contribution in [0.3, 0.4) is 0 Å². The second-order valence-corrected chi connectivity index (χ2v) is 12.3. The summed E-state index contributed by atoms with van der Waals surface area (Å²) in [7, 11) is -0.454. The molecule has 0 radical (unpaired) electrons. The second kappa shape index (κ2) is 12.0. The van der Waals surface area contributed by atoms with E-state index >= 15 is 0 Å². The summed E-state index contributed by atoms with van der Waals surface area (Å²) in [5.74, 6) is 0.562. The predicted molar refractivity (Wildman–Crippen MR) is 179 cm³/mol. The summed E-state index contributed by atoms with van der Waals surface area (Å²) in [4.78, 5) is 27.0. The number of anilines is 2. The topological polar surface area (TPSA) is 122 Å². The molecule has 1 aromatic heterocycles. The van der Waals surface area contributed by atoms with Crippen molar-refractivity contribution in [3.63, 3.8) is 0 Å². The molecule has 0 bridgehead atoms. The minimum Gasteiger partial charge on any atom is -0.495 e. The Labute approximate surface area is 263 Å². The van der Waals surface area contributed by atoms with E-state index < -0.39 is 21.3 Å². The van der Waals surface area contributed by atoms with Gasteiger partial charge in [0.15, 0.2) is 0 Å². The summed E-state index contributed by atoms with van der Waals surface area (Å²) in [6, 6.07) is 29.7. The molecule has 0 saturated carbocycles. The zero-order valence-corrected chi connectivity index (χ0v) is 25.7. The van der Waals surface area contributed by atoms with Crippen LogP contribution in [0.1, 0.15) is 0 Å². The predicted octanol–water partition coefficient (Wildman–Crippen LogP) is 6.52. The third-order valence-corrected chi connectivity index (χ3v) is 9.00. The van der Waals surface area contributed by atoms with Crippen LogP contribution in [0.25, 0.3) is 38.7 Å². The number of halogens is 1. The number of aromatic amines is 1. The van der Waals surface area contributed by atoms with Gasteiger partial charge in [0.1, 0.15) is 5.75 Å². The van der Waals surface area contributed by atoms with Gasteiger partial charge in [-0.3, -0.25) is 19.1 Å². The number of methoxy groups -OCH3 is 1. The van der Waals surface area contributed by atoms with E-state index in [0.717, 1.165) is 27.6 Å². The second-order valence-electron chi connectivity index (χ2n) is 10.2. The van der Waals surface area contributed by atoms with E-state index in [9.17, 15) is 18.0 Å². The van der Waals surface area contributed by atoms with Crippen LogP contribution in [0.5, 0.6) is 5.75 Å². The van der Waals surface area contributed by atoms with E-state index in [2.05, 4.69) is 15.0 Å². The minimum absolute atomic E-state index is 0.154. The van der Waals surface area contributed by atoms with E-state index in [1.807, 2.05) is 42.5 Å². The van der Waals surface area contributed by atoms with Crippen LogP contribution in [0.15, 0.2) is 124 Å². The Bertz CT molecular complexity index is 2300. The van der Waals surface area contributed by atoms with Crippen LogP contribution in [-0.2, 0) is 10.0 Å². The third-order valence-electron chi connectivity index (χ3n) is 7.37. The SMILES string of the molecule is CNc1ccc(S(=O)(=O)Nc2ccc3cc(-c4cc(-n5ccc(=O)[nH]c5=O)cc(-c5cccc(Cl)c5)c4OC)ccc3c2)cc1. The Morgan fingerprint density at radius 3 is 2.11 bits per heavy atom. The van der Waals surface area contributed by atoms with Crippen LogP contribution >= 0.6 is 11.6 Å². The van der Waals surface area contributed by atoms with Gasteiger partial charge in [0.2, 0.25) is 0 Å². The molecule has 0 spiro atoms. The molecule has 9 nitrogen and oxygen atoms in total. The zero-order valence-electron chi connectivity index (χ0n) is 24.2. The lowest BCUT2D eigenvalue weighted by atomic mass is 9.94. The van der Waals surface area contributed by atoms with Gasteiger partial charge >= 0.3 is 5.69 Å². The highest BCUT2D eigenvalue weighted by Gasteiger charge is 2.18. The number of hydrogen-bond acceptors (Lipinski definition) is 6. The Morgan fingerprint density at radius 2 is 1.44 bits per heavy atom. The molecule has 0 aliphatic carbocycles. The maximum atomic E-state index is 13.0. The molecule has 6 rings (SSSR count). The number of benzene rings is 5. The van der Waals surface area contributed by atoms with Gasteiger partial charge in [-0.15, -0.1) is 0 Å². The van der Waals surface area contributed by atoms with Crippen LogP contribution in [-0.4, -0.2) is 32.1 Å². The lowest BCUT2D eigenvalue weighted by Crippen LogP contribution is -2.27. The Balaban J connectivity index is 1.44. The molecule has 45 heavy (non-hydrogen) atoms. The first kappa shape index (κ1) is 29.7. The van der Waals surface area contributed by atoms with Crippen molar-refractivity contribution in [2.45, 2.75) is 4.90 Å². The molecule has 0 saturated heterocycles.